The van der Waals surface area contributed by atoms with E-state index >= 15 is 0 Å². The molecule has 2 rings (SSSR count). The molecular weight excluding hydrogens is 218 g/mol. The maximum atomic E-state index is 11.1. The molecule has 1 aromatic carbocycles. The standard InChI is InChI=1S/C13H15NO3/c1-8-9(7-15)14(2)13-11(17-4)6-5-10(16-3)12(8)13/h5-7H,1-4H3. The van der Waals surface area contributed by atoms with Crippen molar-refractivity contribution in [2.24, 2.45) is 7.05 Å². The topological polar surface area (TPSA) is 40.5 Å². The van der Waals surface area contributed by atoms with Crippen LogP contribution in [0.1, 0.15) is 16.1 Å². The van der Waals surface area contributed by atoms with E-state index in [1.807, 2.05) is 30.7 Å². The van der Waals surface area contributed by atoms with Gasteiger partial charge < -0.3 is 14.0 Å². The summed E-state index contributed by atoms with van der Waals surface area (Å²) in [6, 6.07) is 3.69. The van der Waals surface area contributed by atoms with E-state index < -0.39 is 0 Å². The highest BCUT2D eigenvalue weighted by atomic mass is 16.5. The Hall–Kier alpha value is -1.97. The molecule has 17 heavy (non-hydrogen) atoms. The van der Waals surface area contributed by atoms with Gasteiger partial charge in [0.25, 0.3) is 0 Å². The molecule has 0 saturated heterocycles. The normalized spacial score (nSPS) is 10.6. The van der Waals surface area contributed by atoms with Crippen LogP contribution in [0.25, 0.3) is 10.9 Å². The summed E-state index contributed by atoms with van der Waals surface area (Å²) < 4.78 is 12.5. The molecular formula is C13H15NO3. The lowest BCUT2D eigenvalue weighted by atomic mass is 10.1. The molecule has 0 spiro atoms. The first-order valence-electron chi connectivity index (χ1n) is 5.30. The van der Waals surface area contributed by atoms with E-state index in [0.29, 0.717) is 5.69 Å². The van der Waals surface area contributed by atoms with Crippen LogP contribution in [-0.4, -0.2) is 25.1 Å². The summed E-state index contributed by atoms with van der Waals surface area (Å²) in [5.74, 6) is 1.49. The summed E-state index contributed by atoms with van der Waals surface area (Å²) >= 11 is 0. The quantitative estimate of drug-likeness (QED) is 0.764. The van der Waals surface area contributed by atoms with Crippen molar-refractivity contribution < 1.29 is 14.3 Å². The third-order valence-electron chi connectivity index (χ3n) is 3.11. The van der Waals surface area contributed by atoms with E-state index in [0.717, 1.165) is 34.3 Å². The molecule has 0 unspecified atom stereocenters. The summed E-state index contributed by atoms with van der Waals surface area (Å²) in [4.78, 5) is 11.1. The van der Waals surface area contributed by atoms with Gasteiger partial charge in [-0.1, -0.05) is 0 Å². The third-order valence-corrected chi connectivity index (χ3v) is 3.11. The highest BCUT2D eigenvalue weighted by molar-refractivity contribution is 5.99. The number of aryl methyl sites for hydroxylation is 2. The number of hydrogen-bond donors (Lipinski definition) is 0. The van der Waals surface area contributed by atoms with Gasteiger partial charge in [0.2, 0.25) is 0 Å². The predicted octanol–water partition coefficient (Wildman–Crippen LogP) is 2.32. The molecule has 1 heterocycles. The lowest BCUT2D eigenvalue weighted by Gasteiger charge is -2.08. The zero-order valence-corrected chi connectivity index (χ0v) is 10.4. The molecule has 0 radical (unpaired) electrons. The molecule has 90 valence electrons. The number of nitrogens with zero attached hydrogens (tertiary/aromatic N) is 1. The molecule has 0 bridgehead atoms. The highest BCUT2D eigenvalue weighted by Gasteiger charge is 2.18. The molecule has 0 aliphatic carbocycles. The number of aldehydes is 1. The average molecular weight is 233 g/mol. The van der Waals surface area contributed by atoms with Crippen LogP contribution in [0.15, 0.2) is 12.1 Å². The molecule has 0 fully saturated rings. The molecule has 4 heteroatoms. The van der Waals surface area contributed by atoms with Gasteiger partial charge in [-0.05, 0) is 24.6 Å². The molecule has 4 nitrogen and oxygen atoms in total. The van der Waals surface area contributed by atoms with Crippen LogP contribution in [0.4, 0.5) is 0 Å². The fourth-order valence-electron chi connectivity index (χ4n) is 2.25. The molecule has 0 aliphatic rings. The Labute approximate surface area is 99.7 Å². The minimum atomic E-state index is 0.641. The number of hydrogen-bond acceptors (Lipinski definition) is 3. The van der Waals surface area contributed by atoms with Crippen LogP contribution < -0.4 is 9.47 Å². The first kappa shape index (κ1) is 11.5. The number of methoxy groups -OCH3 is 2. The molecule has 0 N–H and O–H groups in total. The Kier molecular flexibility index (Phi) is 2.79. The maximum absolute atomic E-state index is 11.1. The Bertz CT molecular complexity index is 537. The second-order valence-corrected chi connectivity index (χ2v) is 3.88. The molecule has 1 aromatic heterocycles. The van der Waals surface area contributed by atoms with E-state index in [9.17, 15) is 4.79 Å². The molecule has 0 aliphatic heterocycles. The van der Waals surface area contributed by atoms with Gasteiger partial charge in [0.05, 0.1) is 25.4 Å². The fourth-order valence-corrected chi connectivity index (χ4v) is 2.25. The van der Waals surface area contributed by atoms with Crippen molar-refractivity contribution in [3.63, 3.8) is 0 Å². The fraction of sp³-hybridized carbons (Fsp3) is 0.308. The number of ether oxygens (including phenoxy) is 2. The van der Waals surface area contributed by atoms with E-state index in [1.165, 1.54) is 0 Å². The van der Waals surface area contributed by atoms with Crippen LogP contribution in [0.3, 0.4) is 0 Å². The number of carbonyl (C=O) groups excluding carboxylic acids is 1. The number of fused-ring (bicyclic) bond motifs is 1. The van der Waals surface area contributed by atoms with E-state index in [2.05, 4.69) is 0 Å². The van der Waals surface area contributed by atoms with E-state index in [-0.39, 0.29) is 0 Å². The van der Waals surface area contributed by atoms with Crippen molar-refractivity contribution in [1.82, 2.24) is 4.57 Å². The van der Waals surface area contributed by atoms with Crippen molar-refractivity contribution in [3.8, 4) is 11.5 Å². The number of aromatic nitrogens is 1. The highest BCUT2D eigenvalue weighted by Crippen LogP contribution is 2.37. The van der Waals surface area contributed by atoms with Gasteiger partial charge in [-0.3, -0.25) is 4.79 Å². The minimum absolute atomic E-state index is 0.641. The second kappa shape index (κ2) is 4.13. The van der Waals surface area contributed by atoms with Crippen molar-refractivity contribution in [1.29, 1.82) is 0 Å². The Morgan fingerprint density at radius 3 is 2.29 bits per heavy atom. The molecule has 0 atom stereocenters. The number of rotatable bonds is 3. The predicted molar refractivity (Wildman–Crippen MR) is 66.1 cm³/mol. The lowest BCUT2D eigenvalue weighted by molar-refractivity contribution is 0.111. The van der Waals surface area contributed by atoms with Gasteiger partial charge in [0.15, 0.2) is 6.29 Å². The largest absolute Gasteiger partial charge is 0.496 e. The summed E-state index contributed by atoms with van der Waals surface area (Å²) in [7, 11) is 5.08. The zero-order valence-electron chi connectivity index (χ0n) is 10.4. The summed E-state index contributed by atoms with van der Waals surface area (Å²) in [5.41, 5.74) is 2.43. The van der Waals surface area contributed by atoms with Crippen molar-refractivity contribution >= 4 is 17.2 Å². The first-order valence-corrected chi connectivity index (χ1v) is 5.30. The summed E-state index contributed by atoms with van der Waals surface area (Å²) in [6.45, 7) is 1.91. The van der Waals surface area contributed by atoms with Crippen molar-refractivity contribution in [2.75, 3.05) is 14.2 Å². The second-order valence-electron chi connectivity index (χ2n) is 3.88. The number of carbonyl (C=O) groups is 1. The van der Waals surface area contributed by atoms with Gasteiger partial charge >= 0.3 is 0 Å². The third kappa shape index (κ3) is 1.48. The SMILES string of the molecule is COc1ccc(OC)c2c1c(C)c(C=O)n2C. The smallest absolute Gasteiger partial charge is 0.166 e. The van der Waals surface area contributed by atoms with Crippen LogP contribution in [0.5, 0.6) is 11.5 Å². The van der Waals surface area contributed by atoms with E-state index in [1.54, 1.807) is 14.2 Å². The van der Waals surface area contributed by atoms with Gasteiger partial charge in [-0.2, -0.15) is 0 Å². The van der Waals surface area contributed by atoms with Gasteiger partial charge in [-0.15, -0.1) is 0 Å². The lowest BCUT2D eigenvalue weighted by Crippen LogP contribution is -1.96. The average Bonchev–Trinajstić information content (AvgIpc) is 2.61. The Morgan fingerprint density at radius 1 is 1.18 bits per heavy atom. The maximum Gasteiger partial charge on any atom is 0.166 e. The molecule has 0 saturated carbocycles. The Balaban J connectivity index is 2.98. The molecule has 2 aromatic rings. The van der Waals surface area contributed by atoms with Crippen LogP contribution in [0.2, 0.25) is 0 Å². The van der Waals surface area contributed by atoms with Crippen molar-refractivity contribution in [3.05, 3.63) is 23.4 Å². The first-order chi connectivity index (χ1) is 8.15. The van der Waals surface area contributed by atoms with Crippen LogP contribution >= 0.6 is 0 Å². The van der Waals surface area contributed by atoms with Crippen LogP contribution in [0, 0.1) is 6.92 Å². The Morgan fingerprint density at radius 2 is 1.76 bits per heavy atom. The summed E-state index contributed by atoms with van der Waals surface area (Å²) in [5, 5.41) is 0.927. The summed E-state index contributed by atoms with van der Waals surface area (Å²) in [6.07, 6.45) is 0.855. The van der Waals surface area contributed by atoms with Crippen LogP contribution in [-0.2, 0) is 7.05 Å². The van der Waals surface area contributed by atoms with E-state index in [4.69, 9.17) is 9.47 Å². The monoisotopic (exact) mass is 233 g/mol. The number of benzene rings is 1. The zero-order chi connectivity index (χ0) is 12.6. The molecule has 0 amide bonds. The van der Waals surface area contributed by atoms with Crippen molar-refractivity contribution in [2.45, 2.75) is 6.92 Å². The van der Waals surface area contributed by atoms with Gasteiger partial charge in [0.1, 0.15) is 11.5 Å². The van der Waals surface area contributed by atoms with Gasteiger partial charge in [0, 0.05) is 12.4 Å². The minimum Gasteiger partial charge on any atom is -0.496 e. The van der Waals surface area contributed by atoms with Gasteiger partial charge in [-0.25, -0.2) is 0 Å².